The van der Waals surface area contributed by atoms with Crippen LogP contribution in [0.15, 0.2) is 42.5 Å². The van der Waals surface area contributed by atoms with Crippen LogP contribution in [0.4, 0.5) is 0 Å². The molecule has 1 fully saturated rings. The molecule has 1 saturated heterocycles. The Morgan fingerprint density at radius 2 is 1.89 bits per heavy atom. The SMILES string of the molecule is O=C1C/C=C\C[C@@H]2O[C@H](c3ccccc3)OC[C@H]2O1. The maximum Gasteiger partial charge on any atom is 0.310 e. The van der Waals surface area contributed by atoms with Crippen molar-refractivity contribution in [2.45, 2.75) is 31.3 Å². The van der Waals surface area contributed by atoms with E-state index in [0.717, 1.165) is 12.0 Å². The Hall–Kier alpha value is -1.65. The van der Waals surface area contributed by atoms with Gasteiger partial charge in [-0.15, -0.1) is 0 Å². The van der Waals surface area contributed by atoms with Crippen LogP contribution in [-0.4, -0.2) is 24.8 Å². The lowest BCUT2D eigenvalue weighted by Gasteiger charge is -2.36. The minimum absolute atomic E-state index is 0.139. The first kappa shape index (κ1) is 12.4. The minimum atomic E-state index is -0.381. The summed E-state index contributed by atoms with van der Waals surface area (Å²) in [6.07, 6.45) is 4.04. The van der Waals surface area contributed by atoms with Crippen LogP contribution in [-0.2, 0) is 19.0 Å². The van der Waals surface area contributed by atoms with Crippen LogP contribution in [0.1, 0.15) is 24.7 Å². The largest absolute Gasteiger partial charge is 0.457 e. The zero-order valence-electron chi connectivity index (χ0n) is 10.5. The van der Waals surface area contributed by atoms with Gasteiger partial charge in [0.15, 0.2) is 12.4 Å². The van der Waals surface area contributed by atoms with Crippen molar-refractivity contribution in [3.05, 3.63) is 48.0 Å². The third kappa shape index (κ3) is 2.85. The lowest BCUT2D eigenvalue weighted by Crippen LogP contribution is -2.43. The number of hydrogen-bond acceptors (Lipinski definition) is 4. The van der Waals surface area contributed by atoms with Crippen molar-refractivity contribution >= 4 is 5.97 Å². The maximum atomic E-state index is 11.5. The molecule has 100 valence electrons. The Morgan fingerprint density at radius 1 is 1.05 bits per heavy atom. The first-order chi connectivity index (χ1) is 9.33. The third-order valence-corrected chi connectivity index (χ3v) is 3.30. The normalized spacial score (nSPS) is 32.6. The fraction of sp³-hybridized carbons (Fsp3) is 0.400. The van der Waals surface area contributed by atoms with Gasteiger partial charge in [0.2, 0.25) is 0 Å². The number of esters is 1. The van der Waals surface area contributed by atoms with E-state index >= 15 is 0 Å². The van der Waals surface area contributed by atoms with Gasteiger partial charge < -0.3 is 14.2 Å². The Balaban J connectivity index is 1.73. The summed E-state index contributed by atoms with van der Waals surface area (Å²) in [7, 11) is 0. The van der Waals surface area contributed by atoms with E-state index in [0.29, 0.717) is 13.0 Å². The summed E-state index contributed by atoms with van der Waals surface area (Å²) in [4.78, 5) is 11.5. The molecule has 4 nitrogen and oxygen atoms in total. The molecule has 3 atom stereocenters. The number of carbonyl (C=O) groups excluding carboxylic acids is 1. The summed E-state index contributed by atoms with van der Waals surface area (Å²) >= 11 is 0. The monoisotopic (exact) mass is 260 g/mol. The van der Waals surface area contributed by atoms with E-state index in [1.807, 2.05) is 42.5 Å². The van der Waals surface area contributed by atoms with Crippen LogP contribution in [0.5, 0.6) is 0 Å². The van der Waals surface area contributed by atoms with Crippen LogP contribution in [0, 0.1) is 0 Å². The highest BCUT2D eigenvalue weighted by atomic mass is 16.7. The van der Waals surface area contributed by atoms with E-state index < -0.39 is 0 Å². The number of rotatable bonds is 1. The molecule has 4 heteroatoms. The van der Waals surface area contributed by atoms with Crippen molar-refractivity contribution in [2.75, 3.05) is 6.61 Å². The first-order valence-electron chi connectivity index (χ1n) is 6.49. The molecule has 0 N–H and O–H groups in total. The molecule has 0 aromatic heterocycles. The molecule has 1 aromatic carbocycles. The molecule has 0 unspecified atom stereocenters. The van der Waals surface area contributed by atoms with E-state index in [1.165, 1.54) is 0 Å². The molecule has 19 heavy (non-hydrogen) atoms. The molecule has 0 radical (unpaired) electrons. The van der Waals surface area contributed by atoms with Gasteiger partial charge in [-0.25, -0.2) is 0 Å². The van der Waals surface area contributed by atoms with E-state index in [9.17, 15) is 4.79 Å². The van der Waals surface area contributed by atoms with Gasteiger partial charge in [-0.1, -0.05) is 42.5 Å². The van der Waals surface area contributed by atoms with Crippen LogP contribution < -0.4 is 0 Å². The van der Waals surface area contributed by atoms with Gasteiger partial charge in [-0.3, -0.25) is 4.79 Å². The Bertz CT molecular complexity index is 468. The van der Waals surface area contributed by atoms with E-state index in [4.69, 9.17) is 14.2 Å². The van der Waals surface area contributed by atoms with E-state index in [-0.39, 0.29) is 24.5 Å². The molecule has 0 spiro atoms. The average molecular weight is 260 g/mol. The van der Waals surface area contributed by atoms with Crippen LogP contribution in [0.3, 0.4) is 0 Å². The van der Waals surface area contributed by atoms with Crippen molar-refractivity contribution in [3.63, 3.8) is 0 Å². The molecule has 0 amide bonds. The Labute approximate surface area is 112 Å². The van der Waals surface area contributed by atoms with Gasteiger partial charge in [0, 0.05) is 5.56 Å². The summed E-state index contributed by atoms with van der Waals surface area (Å²) < 4.78 is 16.9. The molecular formula is C15H16O4. The summed E-state index contributed by atoms with van der Waals surface area (Å²) in [6, 6.07) is 9.79. The Morgan fingerprint density at radius 3 is 2.74 bits per heavy atom. The van der Waals surface area contributed by atoms with Gasteiger partial charge in [0.25, 0.3) is 0 Å². The highest BCUT2D eigenvalue weighted by Crippen LogP contribution is 2.30. The van der Waals surface area contributed by atoms with Gasteiger partial charge >= 0.3 is 5.97 Å². The third-order valence-electron chi connectivity index (χ3n) is 3.30. The van der Waals surface area contributed by atoms with Crippen molar-refractivity contribution in [3.8, 4) is 0 Å². The number of ether oxygens (including phenoxy) is 3. The minimum Gasteiger partial charge on any atom is -0.457 e. The van der Waals surface area contributed by atoms with Crippen molar-refractivity contribution in [1.82, 2.24) is 0 Å². The summed E-state index contributed by atoms with van der Waals surface area (Å²) in [5.41, 5.74) is 0.985. The molecule has 0 saturated carbocycles. The predicted molar refractivity (Wildman–Crippen MR) is 68.3 cm³/mol. The molecular weight excluding hydrogens is 244 g/mol. The predicted octanol–water partition coefficient (Wildman–Crippen LogP) is 2.36. The Kier molecular flexibility index (Phi) is 3.62. The quantitative estimate of drug-likeness (QED) is 0.574. The van der Waals surface area contributed by atoms with Crippen LogP contribution in [0.2, 0.25) is 0 Å². The molecule has 2 heterocycles. The van der Waals surface area contributed by atoms with Crippen molar-refractivity contribution in [1.29, 1.82) is 0 Å². The number of carbonyl (C=O) groups is 1. The second kappa shape index (κ2) is 5.55. The molecule has 3 rings (SSSR count). The van der Waals surface area contributed by atoms with Gasteiger partial charge in [-0.2, -0.15) is 0 Å². The zero-order valence-corrected chi connectivity index (χ0v) is 10.5. The standard InChI is InChI=1S/C15H16O4/c16-14-9-5-4-8-12-13(18-14)10-17-15(19-12)11-6-2-1-3-7-11/h1-7,12-13,15H,8-10H2/b5-4-/t12-,13+,15+/m0/s1. The fourth-order valence-corrected chi connectivity index (χ4v) is 2.30. The van der Waals surface area contributed by atoms with Crippen molar-refractivity contribution < 1.29 is 19.0 Å². The fourth-order valence-electron chi connectivity index (χ4n) is 2.30. The highest BCUT2D eigenvalue weighted by Gasteiger charge is 2.35. The smallest absolute Gasteiger partial charge is 0.310 e. The lowest BCUT2D eigenvalue weighted by atomic mass is 10.1. The zero-order chi connectivity index (χ0) is 13.1. The van der Waals surface area contributed by atoms with Gasteiger partial charge in [0.05, 0.1) is 13.0 Å². The van der Waals surface area contributed by atoms with Crippen LogP contribution in [0.25, 0.3) is 0 Å². The molecule has 1 aromatic rings. The second-order valence-electron chi connectivity index (χ2n) is 4.69. The average Bonchev–Trinajstić information content (AvgIpc) is 2.43. The van der Waals surface area contributed by atoms with E-state index in [1.54, 1.807) is 0 Å². The van der Waals surface area contributed by atoms with Crippen LogP contribution >= 0.6 is 0 Å². The van der Waals surface area contributed by atoms with Gasteiger partial charge in [0.1, 0.15) is 6.10 Å². The van der Waals surface area contributed by atoms with E-state index in [2.05, 4.69) is 0 Å². The van der Waals surface area contributed by atoms with Crippen molar-refractivity contribution in [2.24, 2.45) is 0 Å². The maximum absolute atomic E-state index is 11.5. The number of benzene rings is 1. The van der Waals surface area contributed by atoms with Gasteiger partial charge in [-0.05, 0) is 6.42 Å². The highest BCUT2D eigenvalue weighted by molar-refractivity contribution is 5.71. The molecule has 0 bridgehead atoms. The summed E-state index contributed by atoms with van der Waals surface area (Å²) in [5, 5.41) is 0. The topological polar surface area (TPSA) is 44.8 Å². The summed E-state index contributed by atoms with van der Waals surface area (Å²) in [5.74, 6) is -0.226. The molecule has 0 aliphatic carbocycles. The number of hydrogen-bond donors (Lipinski definition) is 0. The number of fused-ring (bicyclic) bond motifs is 1. The molecule has 2 aliphatic heterocycles. The first-order valence-corrected chi connectivity index (χ1v) is 6.49. The molecule has 2 aliphatic rings. The second-order valence-corrected chi connectivity index (χ2v) is 4.69. The lowest BCUT2D eigenvalue weighted by molar-refractivity contribution is -0.261. The summed E-state index contributed by atoms with van der Waals surface area (Å²) in [6.45, 7) is 0.379.